The lowest BCUT2D eigenvalue weighted by Gasteiger charge is -2.23. The van der Waals surface area contributed by atoms with Gasteiger partial charge in [-0.15, -0.1) is 0 Å². The van der Waals surface area contributed by atoms with E-state index in [1.54, 1.807) is 0 Å². The zero-order valence-electron chi connectivity index (χ0n) is 6.55. The summed E-state index contributed by atoms with van der Waals surface area (Å²) < 4.78 is 10.3. The summed E-state index contributed by atoms with van der Waals surface area (Å²) in [5.74, 6) is 1.68. The van der Waals surface area contributed by atoms with Crippen molar-refractivity contribution in [1.29, 1.82) is 0 Å². The van der Waals surface area contributed by atoms with Crippen LogP contribution in [0.4, 0.5) is 0 Å². The molecule has 0 N–H and O–H groups in total. The third kappa shape index (κ3) is 2.38. The van der Waals surface area contributed by atoms with Crippen LogP contribution in [0.5, 0.6) is 0 Å². The van der Waals surface area contributed by atoms with E-state index in [2.05, 4.69) is 6.92 Å². The predicted molar refractivity (Wildman–Crippen MR) is 43.6 cm³/mol. The second kappa shape index (κ2) is 4.08. The Morgan fingerprint density at radius 3 is 2.40 bits per heavy atom. The van der Waals surface area contributed by atoms with Crippen LogP contribution in [-0.2, 0) is 4.57 Å². The van der Waals surface area contributed by atoms with E-state index in [0.29, 0.717) is 8.46 Å². The van der Waals surface area contributed by atoms with E-state index >= 15 is 0 Å². The normalized spacial score (nSPS) is 34.5. The molecule has 2 heteroatoms. The summed E-state index contributed by atoms with van der Waals surface area (Å²) in [6, 6.07) is 0. The molecule has 0 amide bonds. The van der Waals surface area contributed by atoms with Crippen LogP contribution in [-0.4, -0.2) is 6.16 Å². The molecule has 0 bridgehead atoms. The summed E-state index contributed by atoms with van der Waals surface area (Å²) in [7, 11) is 0.345. The fraction of sp³-hybridized carbons (Fsp3) is 1.00. The molecule has 0 aromatic heterocycles. The average molecular weight is 158 g/mol. The highest BCUT2D eigenvalue weighted by Gasteiger charge is 2.17. The molecule has 0 spiro atoms. The maximum absolute atomic E-state index is 10.3. The zero-order chi connectivity index (χ0) is 7.40. The first-order valence-electron chi connectivity index (χ1n) is 4.12. The standard InChI is InChI=1S/C8H15OP/c1-7-2-4-8(5-3-7)6-10-9/h7-8H,2-6H2,1H3. The minimum Gasteiger partial charge on any atom is -0.275 e. The van der Waals surface area contributed by atoms with E-state index < -0.39 is 0 Å². The summed E-state index contributed by atoms with van der Waals surface area (Å²) in [4.78, 5) is 0. The van der Waals surface area contributed by atoms with Gasteiger partial charge in [0.1, 0.15) is 0 Å². The fourth-order valence-corrected chi connectivity index (χ4v) is 2.19. The first-order valence-corrected chi connectivity index (χ1v) is 5.11. The van der Waals surface area contributed by atoms with Crippen molar-refractivity contribution >= 4 is 8.46 Å². The molecule has 1 fully saturated rings. The molecular formula is C8H15OP. The van der Waals surface area contributed by atoms with Crippen LogP contribution in [0, 0.1) is 11.8 Å². The largest absolute Gasteiger partial charge is 0.275 e. The van der Waals surface area contributed by atoms with E-state index in [4.69, 9.17) is 0 Å². The van der Waals surface area contributed by atoms with Crippen LogP contribution >= 0.6 is 8.46 Å². The van der Waals surface area contributed by atoms with Gasteiger partial charge in [0.05, 0.1) is 0 Å². The van der Waals surface area contributed by atoms with Crippen molar-refractivity contribution in [2.24, 2.45) is 11.8 Å². The van der Waals surface area contributed by atoms with Gasteiger partial charge in [-0.1, -0.05) is 19.8 Å². The monoisotopic (exact) mass is 158 g/mol. The summed E-state index contributed by atoms with van der Waals surface area (Å²) in [5.41, 5.74) is 0. The Balaban J connectivity index is 2.19. The lowest BCUT2D eigenvalue weighted by Crippen LogP contribution is -2.12. The van der Waals surface area contributed by atoms with Gasteiger partial charge in [-0.25, -0.2) is 0 Å². The fourth-order valence-electron chi connectivity index (χ4n) is 1.62. The van der Waals surface area contributed by atoms with Gasteiger partial charge >= 0.3 is 0 Å². The van der Waals surface area contributed by atoms with Crippen molar-refractivity contribution in [3.8, 4) is 0 Å². The van der Waals surface area contributed by atoms with Gasteiger partial charge in [-0.3, -0.25) is 4.57 Å². The minimum atomic E-state index is 0.345. The molecule has 10 heavy (non-hydrogen) atoms. The molecule has 0 atom stereocenters. The molecule has 0 heterocycles. The first-order chi connectivity index (χ1) is 4.83. The van der Waals surface area contributed by atoms with Crippen molar-refractivity contribution in [3.05, 3.63) is 0 Å². The molecule has 0 unspecified atom stereocenters. The number of hydrogen-bond donors (Lipinski definition) is 0. The lowest BCUT2D eigenvalue weighted by atomic mass is 9.84. The van der Waals surface area contributed by atoms with Crippen LogP contribution in [0.1, 0.15) is 32.6 Å². The van der Waals surface area contributed by atoms with E-state index in [1.807, 2.05) is 0 Å². The van der Waals surface area contributed by atoms with Crippen molar-refractivity contribution in [3.63, 3.8) is 0 Å². The Hall–Kier alpha value is 0.100. The highest BCUT2D eigenvalue weighted by Crippen LogP contribution is 2.29. The van der Waals surface area contributed by atoms with Crippen molar-refractivity contribution < 1.29 is 4.57 Å². The second-order valence-corrected chi connectivity index (χ2v) is 4.06. The maximum Gasteiger partial charge on any atom is 0.155 e. The predicted octanol–water partition coefficient (Wildman–Crippen LogP) is 3.10. The lowest BCUT2D eigenvalue weighted by molar-refractivity contribution is 0.310. The summed E-state index contributed by atoms with van der Waals surface area (Å²) in [5, 5.41) is 0. The van der Waals surface area contributed by atoms with Crippen LogP contribution in [0.3, 0.4) is 0 Å². The third-order valence-electron chi connectivity index (χ3n) is 2.47. The van der Waals surface area contributed by atoms with Crippen molar-refractivity contribution in [2.75, 3.05) is 6.16 Å². The average Bonchev–Trinajstić information content (AvgIpc) is 1.95. The molecule has 1 rings (SSSR count). The summed E-state index contributed by atoms with van der Waals surface area (Å²) in [6.45, 7) is 2.31. The Bertz CT molecular complexity index is 106. The van der Waals surface area contributed by atoms with Gasteiger partial charge in [0, 0.05) is 6.16 Å². The van der Waals surface area contributed by atoms with Crippen molar-refractivity contribution in [2.45, 2.75) is 32.6 Å². The SMILES string of the molecule is CC1CCC(CP=O)CC1. The van der Waals surface area contributed by atoms with E-state index in [0.717, 1.165) is 18.0 Å². The van der Waals surface area contributed by atoms with Crippen LogP contribution in [0.2, 0.25) is 0 Å². The van der Waals surface area contributed by atoms with Gasteiger partial charge in [0.25, 0.3) is 0 Å². The Morgan fingerprint density at radius 2 is 1.90 bits per heavy atom. The van der Waals surface area contributed by atoms with Crippen molar-refractivity contribution in [1.82, 2.24) is 0 Å². The first kappa shape index (κ1) is 8.20. The maximum atomic E-state index is 10.3. The Labute approximate surface area is 64.4 Å². The number of hydrogen-bond acceptors (Lipinski definition) is 1. The molecule has 1 saturated carbocycles. The smallest absolute Gasteiger partial charge is 0.155 e. The van der Waals surface area contributed by atoms with E-state index in [-0.39, 0.29) is 0 Å². The summed E-state index contributed by atoms with van der Waals surface area (Å²) >= 11 is 0. The van der Waals surface area contributed by atoms with Gasteiger partial charge in [0.2, 0.25) is 0 Å². The zero-order valence-corrected chi connectivity index (χ0v) is 7.44. The van der Waals surface area contributed by atoms with E-state index in [9.17, 15) is 4.57 Å². The van der Waals surface area contributed by atoms with Gasteiger partial charge < -0.3 is 0 Å². The topological polar surface area (TPSA) is 17.1 Å². The molecule has 0 aromatic rings. The van der Waals surface area contributed by atoms with Gasteiger partial charge in [-0.2, -0.15) is 0 Å². The Kier molecular flexibility index (Phi) is 3.34. The highest BCUT2D eigenvalue weighted by molar-refractivity contribution is 7.23. The van der Waals surface area contributed by atoms with Gasteiger partial charge in [-0.05, 0) is 24.7 Å². The van der Waals surface area contributed by atoms with Gasteiger partial charge in [0.15, 0.2) is 8.46 Å². The third-order valence-corrected chi connectivity index (χ3v) is 3.13. The summed E-state index contributed by atoms with van der Waals surface area (Å²) in [6.07, 6.45) is 6.19. The van der Waals surface area contributed by atoms with E-state index in [1.165, 1.54) is 25.7 Å². The molecule has 0 aromatic carbocycles. The molecule has 0 aliphatic heterocycles. The van der Waals surface area contributed by atoms with Crippen LogP contribution < -0.4 is 0 Å². The highest BCUT2D eigenvalue weighted by atomic mass is 31.1. The van der Waals surface area contributed by atoms with Crippen LogP contribution in [0.15, 0.2) is 0 Å². The molecule has 1 nitrogen and oxygen atoms in total. The second-order valence-electron chi connectivity index (χ2n) is 3.44. The molecule has 1 aliphatic carbocycles. The Morgan fingerprint density at radius 1 is 1.30 bits per heavy atom. The minimum absolute atomic E-state index is 0.345. The quantitative estimate of drug-likeness (QED) is 0.564. The molecule has 1 aliphatic rings. The molecule has 0 radical (unpaired) electrons. The molecule has 0 saturated heterocycles. The molecule has 58 valence electrons. The molecular weight excluding hydrogens is 143 g/mol. The van der Waals surface area contributed by atoms with Crippen LogP contribution in [0.25, 0.3) is 0 Å². The number of rotatable bonds is 2.